The van der Waals surface area contributed by atoms with Gasteiger partial charge in [0.15, 0.2) is 17.3 Å². The van der Waals surface area contributed by atoms with Crippen molar-refractivity contribution in [3.8, 4) is 22.9 Å². The molecular weight excluding hydrogens is 454 g/mol. The quantitative estimate of drug-likeness (QED) is 0.367. The lowest BCUT2D eigenvalue weighted by atomic mass is 10.0. The minimum Gasteiger partial charge on any atom is -0.493 e. The smallest absolute Gasteiger partial charge is 0.343 e. The number of aromatic amines is 1. The zero-order valence-electron chi connectivity index (χ0n) is 18.9. The highest BCUT2D eigenvalue weighted by atomic mass is 16.6. The highest BCUT2D eigenvalue weighted by Crippen LogP contribution is 2.43. The van der Waals surface area contributed by atoms with E-state index in [1.165, 1.54) is 20.5 Å². The summed E-state index contributed by atoms with van der Waals surface area (Å²) in [6.07, 6.45) is 2.25. The molecule has 0 bridgehead atoms. The average Bonchev–Trinajstić information content (AvgIpc) is 3.61. The number of amides is 1. The first kappa shape index (κ1) is 22.1. The summed E-state index contributed by atoms with van der Waals surface area (Å²) in [7, 11) is 2.93. The molecule has 1 aliphatic rings. The van der Waals surface area contributed by atoms with Crippen LogP contribution < -0.4 is 14.8 Å². The number of esters is 1. The third kappa shape index (κ3) is 4.40. The number of ether oxygens (including phenoxy) is 3. The van der Waals surface area contributed by atoms with Crippen molar-refractivity contribution in [2.24, 2.45) is 0 Å². The summed E-state index contributed by atoms with van der Waals surface area (Å²) >= 11 is 0. The van der Waals surface area contributed by atoms with Crippen molar-refractivity contribution in [3.63, 3.8) is 0 Å². The molecule has 178 valence electrons. The Bertz CT molecular complexity index is 1380. The summed E-state index contributed by atoms with van der Waals surface area (Å²) in [6, 6.07) is 10.5. The SMILES string of the molecule is COc1ccc2c(c1OC)C(=O)O[C@@H]2CC(=O)Nc1cccc(-c2n[nH]c(Cn3cncn3)n2)c1. The Labute approximate surface area is 199 Å². The van der Waals surface area contributed by atoms with E-state index in [1.54, 1.807) is 41.3 Å². The fraction of sp³-hybridized carbons (Fsp3) is 0.217. The number of nitrogens with one attached hydrogen (secondary N) is 2. The second-order valence-corrected chi connectivity index (χ2v) is 7.69. The number of carbonyl (C=O) groups is 2. The fourth-order valence-electron chi connectivity index (χ4n) is 3.90. The van der Waals surface area contributed by atoms with E-state index in [0.29, 0.717) is 40.9 Å². The predicted octanol–water partition coefficient (Wildman–Crippen LogP) is 2.37. The monoisotopic (exact) mass is 475 g/mol. The van der Waals surface area contributed by atoms with Gasteiger partial charge in [-0.2, -0.15) is 10.2 Å². The van der Waals surface area contributed by atoms with E-state index >= 15 is 0 Å². The molecule has 1 amide bonds. The molecule has 0 saturated heterocycles. The first-order valence-corrected chi connectivity index (χ1v) is 10.7. The third-order valence-corrected chi connectivity index (χ3v) is 5.46. The van der Waals surface area contributed by atoms with Crippen molar-refractivity contribution >= 4 is 17.6 Å². The van der Waals surface area contributed by atoms with E-state index in [1.807, 2.05) is 6.07 Å². The van der Waals surface area contributed by atoms with Gasteiger partial charge in [-0.15, -0.1) is 0 Å². The molecule has 35 heavy (non-hydrogen) atoms. The maximum atomic E-state index is 12.8. The Morgan fingerprint density at radius 3 is 2.89 bits per heavy atom. The minimum atomic E-state index is -0.729. The van der Waals surface area contributed by atoms with Gasteiger partial charge < -0.3 is 19.5 Å². The number of methoxy groups -OCH3 is 2. The van der Waals surface area contributed by atoms with Crippen LogP contribution in [0.15, 0.2) is 49.1 Å². The largest absolute Gasteiger partial charge is 0.493 e. The van der Waals surface area contributed by atoms with E-state index < -0.39 is 12.1 Å². The number of benzene rings is 2. The van der Waals surface area contributed by atoms with E-state index in [-0.39, 0.29) is 17.9 Å². The van der Waals surface area contributed by atoms with Crippen LogP contribution >= 0.6 is 0 Å². The summed E-state index contributed by atoms with van der Waals surface area (Å²) in [6.45, 7) is 0.404. The number of nitrogens with zero attached hydrogens (tertiary/aromatic N) is 5. The fourth-order valence-corrected chi connectivity index (χ4v) is 3.90. The maximum absolute atomic E-state index is 12.8. The molecule has 0 spiro atoms. The van der Waals surface area contributed by atoms with E-state index in [9.17, 15) is 9.59 Å². The molecule has 1 atom stereocenters. The van der Waals surface area contributed by atoms with E-state index in [4.69, 9.17) is 14.2 Å². The molecule has 0 unspecified atom stereocenters. The molecule has 0 saturated carbocycles. The van der Waals surface area contributed by atoms with Gasteiger partial charge in [-0.05, 0) is 18.2 Å². The lowest BCUT2D eigenvalue weighted by Crippen LogP contribution is -2.15. The van der Waals surface area contributed by atoms with Gasteiger partial charge in [0, 0.05) is 16.8 Å². The van der Waals surface area contributed by atoms with Crippen LogP contribution in [-0.2, 0) is 16.1 Å². The second-order valence-electron chi connectivity index (χ2n) is 7.69. The lowest BCUT2D eigenvalue weighted by Gasteiger charge is -2.13. The van der Waals surface area contributed by atoms with Crippen molar-refractivity contribution in [2.45, 2.75) is 19.1 Å². The van der Waals surface area contributed by atoms with Crippen LogP contribution in [-0.4, -0.2) is 56.0 Å². The van der Waals surface area contributed by atoms with E-state index in [0.717, 1.165) is 5.56 Å². The van der Waals surface area contributed by atoms with Crippen LogP contribution in [0.4, 0.5) is 5.69 Å². The molecule has 2 aromatic heterocycles. The van der Waals surface area contributed by atoms with Crippen LogP contribution in [0.3, 0.4) is 0 Å². The molecule has 4 aromatic rings. The van der Waals surface area contributed by atoms with Gasteiger partial charge in [-0.1, -0.05) is 18.2 Å². The van der Waals surface area contributed by atoms with Crippen molar-refractivity contribution in [1.82, 2.24) is 29.9 Å². The Morgan fingerprint density at radius 1 is 1.23 bits per heavy atom. The molecule has 12 nitrogen and oxygen atoms in total. The molecule has 0 fully saturated rings. The van der Waals surface area contributed by atoms with Crippen LogP contribution in [0, 0.1) is 0 Å². The summed E-state index contributed by atoms with van der Waals surface area (Å²) in [4.78, 5) is 33.6. The molecule has 1 aliphatic heterocycles. The number of aromatic nitrogens is 6. The Balaban J connectivity index is 1.28. The van der Waals surface area contributed by atoms with Crippen molar-refractivity contribution < 1.29 is 23.8 Å². The Hall–Kier alpha value is -4.74. The van der Waals surface area contributed by atoms with Gasteiger partial charge in [0.25, 0.3) is 0 Å². The number of hydrogen-bond donors (Lipinski definition) is 2. The molecule has 5 rings (SSSR count). The maximum Gasteiger partial charge on any atom is 0.343 e. The highest BCUT2D eigenvalue weighted by molar-refractivity contribution is 5.99. The van der Waals surface area contributed by atoms with Gasteiger partial charge in [-0.3, -0.25) is 9.89 Å². The topological polar surface area (TPSA) is 146 Å². The molecule has 2 aromatic carbocycles. The van der Waals surface area contributed by atoms with E-state index in [2.05, 4.69) is 30.6 Å². The normalized spacial score (nSPS) is 14.3. The molecule has 12 heteroatoms. The van der Waals surface area contributed by atoms with Crippen molar-refractivity contribution in [1.29, 1.82) is 0 Å². The van der Waals surface area contributed by atoms with Crippen LogP contribution in [0.1, 0.15) is 34.3 Å². The lowest BCUT2D eigenvalue weighted by molar-refractivity contribution is -0.118. The summed E-state index contributed by atoms with van der Waals surface area (Å²) < 4.78 is 17.7. The highest BCUT2D eigenvalue weighted by Gasteiger charge is 2.36. The van der Waals surface area contributed by atoms with Gasteiger partial charge in [0.05, 0.1) is 20.6 Å². The zero-order valence-corrected chi connectivity index (χ0v) is 18.9. The molecule has 0 aliphatic carbocycles. The van der Waals surface area contributed by atoms with Crippen molar-refractivity contribution in [2.75, 3.05) is 19.5 Å². The molecule has 2 N–H and O–H groups in total. The number of cyclic esters (lactones) is 1. The number of hydrogen-bond acceptors (Lipinski definition) is 9. The van der Waals surface area contributed by atoms with Crippen LogP contribution in [0.2, 0.25) is 0 Å². The average molecular weight is 475 g/mol. The standard InChI is InChI=1S/C23H21N7O5/c1-33-16-7-6-15-17(35-23(32)20(15)21(16)34-2)9-19(31)26-14-5-3-4-13(8-14)22-27-18(28-29-22)10-30-12-24-11-25-30/h3-8,11-12,17H,9-10H2,1-2H3,(H,26,31)(H,27,28,29)/t17-/m1/s1. The Morgan fingerprint density at radius 2 is 2.11 bits per heavy atom. The number of fused-ring (bicyclic) bond motifs is 1. The molecule has 0 radical (unpaired) electrons. The summed E-state index contributed by atoms with van der Waals surface area (Å²) in [5.41, 5.74) is 2.14. The summed E-state index contributed by atoms with van der Waals surface area (Å²) in [5, 5.41) is 14.0. The number of rotatable bonds is 8. The van der Waals surface area contributed by atoms with Gasteiger partial charge in [-0.25, -0.2) is 19.4 Å². The van der Waals surface area contributed by atoms with Gasteiger partial charge in [0.2, 0.25) is 5.91 Å². The van der Waals surface area contributed by atoms with Crippen molar-refractivity contribution in [3.05, 3.63) is 66.0 Å². The number of carbonyl (C=O) groups excluding carboxylic acids is 2. The zero-order chi connectivity index (χ0) is 24.4. The number of anilines is 1. The Kier molecular flexibility index (Phi) is 5.83. The minimum absolute atomic E-state index is 0.0544. The second kappa shape index (κ2) is 9.25. The first-order chi connectivity index (χ1) is 17.1. The van der Waals surface area contributed by atoms with Gasteiger partial charge in [0.1, 0.15) is 36.7 Å². The first-order valence-electron chi connectivity index (χ1n) is 10.7. The van der Waals surface area contributed by atoms with Gasteiger partial charge >= 0.3 is 5.97 Å². The van der Waals surface area contributed by atoms with Crippen LogP contribution in [0.25, 0.3) is 11.4 Å². The van der Waals surface area contributed by atoms with Crippen LogP contribution in [0.5, 0.6) is 11.5 Å². The predicted molar refractivity (Wildman–Crippen MR) is 122 cm³/mol. The molecular formula is C23H21N7O5. The third-order valence-electron chi connectivity index (χ3n) is 5.46. The summed E-state index contributed by atoms with van der Waals surface area (Å²) in [5.74, 6) is 0.942. The molecule has 3 heterocycles. The number of H-pyrrole nitrogens is 1.